The molecule has 0 saturated heterocycles. The van der Waals surface area contributed by atoms with Gasteiger partial charge < -0.3 is 4.74 Å². The Balaban J connectivity index is 1.81. The van der Waals surface area contributed by atoms with Gasteiger partial charge in [0, 0.05) is 17.9 Å². The SMILES string of the molecule is COc1ccccc1-n1c(SCc2cc(C)ccc2C)nc2c(c1=O)SCC2. The minimum absolute atomic E-state index is 0.000430. The predicted octanol–water partition coefficient (Wildman–Crippen LogP) is 4.80. The lowest BCUT2D eigenvalue weighted by molar-refractivity contribution is 0.411. The van der Waals surface area contributed by atoms with Crippen molar-refractivity contribution in [2.24, 2.45) is 0 Å². The van der Waals surface area contributed by atoms with Crippen LogP contribution in [0.3, 0.4) is 0 Å². The van der Waals surface area contributed by atoms with E-state index in [1.165, 1.54) is 16.7 Å². The van der Waals surface area contributed by atoms with Crippen molar-refractivity contribution in [2.45, 2.75) is 36.1 Å². The van der Waals surface area contributed by atoms with Crippen molar-refractivity contribution in [2.75, 3.05) is 12.9 Å². The van der Waals surface area contributed by atoms with Crippen molar-refractivity contribution < 1.29 is 4.74 Å². The first kappa shape index (κ1) is 19.2. The number of aromatic nitrogens is 2. The molecule has 0 spiro atoms. The van der Waals surface area contributed by atoms with E-state index in [1.54, 1.807) is 35.2 Å². The Hall–Kier alpha value is -2.18. The molecule has 0 amide bonds. The van der Waals surface area contributed by atoms with Gasteiger partial charge in [-0.15, -0.1) is 11.8 Å². The topological polar surface area (TPSA) is 44.1 Å². The van der Waals surface area contributed by atoms with Gasteiger partial charge in [0.2, 0.25) is 0 Å². The van der Waals surface area contributed by atoms with Crippen molar-refractivity contribution >= 4 is 23.5 Å². The number of fused-ring (bicyclic) bond motifs is 1. The molecule has 0 fully saturated rings. The maximum atomic E-state index is 13.3. The lowest BCUT2D eigenvalue weighted by Gasteiger charge is -2.16. The highest BCUT2D eigenvalue weighted by Gasteiger charge is 2.23. The molecule has 0 unspecified atom stereocenters. The number of nitrogens with zero attached hydrogens (tertiary/aromatic N) is 2. The van der Waals surface area contributed by atoms with E-state index in [0.29, 0.717) is 5.75 Å². The van der Waals surface area contributed by atoms with Gasteiger partial charge in [-0.05, 0) is 37.1 Å². The summed E-state index contributed by atoms with van der Waals surface area (Å²) < 4.78 is 7.24. The number of methoxy groups -OCH3 is 1. The minimum Gasteiger partial charge on any atom is -0.495 e. The number of hydrogen-bond acceptors (Lipinski definition) is 5. The van der Waals surface area contributed by atoms with Crippen LogP contribution in [-0.4, -0.2) is 22.4 Å². The maximum absolute atomic E-state index is 13.3. The fourth-order valence-corrected chi connectivity index (χ4v) is 5.42. The summed E-state index contributed by atoms with van der Waals surface area (Å²) in [7, 11) is 1.63. The summed E-state index contributed by atoms with van der Waals surface area (Å²) in [6, 6.07) is 14.1. The Morgan fingerprint density at radius 2 is 2.04 bits per heavy atom. The third-order valence-corrected chi connectivity index (χ3v) is 6.95. The van der Waals surface area contributed by atoms with E-state index >= 15 is 0 Å². The summed E-state index contributed by atoms with van der Waals surface area (Å²) in [6.45, 7) is 4.22. The fourth-order valence-electron chi connectivity index (χ4n) is 3.31. The quantitative estimate of drug-likeness (QED) is 0.447. The van der Waals surface area contributed by atoms with Gasteiger partial charge in [-0.2, -0.15) is 0 Å². The zero-order chi connectivity index (χ0) is 19.7. The van der Waals surface area contributed by atoms with E-state index in [4.69, 9.17) is 9.72 Å². The minimum atomic E-state index is 0.000430. The lowest BCUT2D eigenvalue weighted by Crippen LogP contribution is -2.24. The number of aryl methyl sites for hydroxylation is 3. The van der Waals surface area contributed by atoms with Crippen LogP contribution in [0.2, 0.25) is 0 Å². The summed E-state index contributed by atoms with van der Waals surface area (Å²) in [6.07, 6.45) is 0.846. The second kappa shape index (κ2) is 8.05. The van der Waals surface area contributed by atoms with Gasteiger partial charge in [-0.1, -0.05) is 47.7 Å². The average Bonchev–Trinajstić information content (AvgIpc) is 3.18. The first-order chi connectivity index (χ1) is 13.6. The molecule has 1 aliphatic rings. The number of hydrogen-bond donors (Lipinski definition) is 0. The normalized spacial score (nSPS) is 12.8. The zero-order valence-corrected chi connectivity index (χ0v) is 17.8. The standard InChI is InChI=1S/C22H22N2O2S2/c1-14-8-9-15(2)16(12-14)13-28-22-23-17-10-11-27-20(17)21(25)24(22)18-6-4-5-7-19(18)26-3/h4-9,12H,10-11,13H2,1-3H3. The Morgan fingerprint density at radius 1 is 1.21 bits per heavy atom. The number of para-hydroxylation sites is 2. The Labute approximate surface area is 173 Å². The van der Waals surface area contributed by atoms with Crippen LogP contribution in [0.25, 0.3) is 5.69 Å². The maximum Gasteiger partial charge on any atom is 0.272 e. The summed E-state index contributed by atoms with van der Waals surface area (Å²) in [5.74, 6) is 2.35. The van der Waals surface area contributed by atoms with Crippen LogP contribution in [0.5, 0.6) is 5.75 Å². The third-order valence-electron chi connectivity index (χ3n) is 4.85. The first-order valence-electron chi connectivity index (χ1n) is 9.19. The molecule has 0 aliphatic carbocycles. The third kappa shape index (κ3) is 3.59. The van der Waals surface area contributed by atoms with E-state index in [2.05, 4.69) is 32.0 Å². The Morgan fingerprint density at radius 3 is 2.86 bits per heavy atom. The first-order valence-corrected chi connectivity index (χ1v) is 11.2. The monoisotopic (exact) mass is 410 g/mol. The van der Waals surface area contributed by atoms with E-state index in [-0.39, 0.29) is 5.56 Å². The molecule has 1 aromatic heterocycles. The summed E-state index contributed by atoms with van der Waals surface area (Å²) in [5.41, 5.74) is 5.41. The highest BCUT2D eigenvalue weighted by molar-refractivity contribution is 7.99. The molecular formula is C22H22N2O2S2. The molecule has 0 radical (unpaired) electrons. The lowest BCUT2D eigenvalue weighted by atomic mass is 10.1. The second-order valence-electron chi connectivity index (χ2n) is 6.80. The van der Waals surface area contributed by atoms with Crippen LogP contribution < -0.4 is 10.3 Å². The van der Waals surface area contributed by atoms with Gasteiger partial charge in [0.25, 0.3) is 5.56 Å². The van der Waals surface area contributed by atoms with Crippen molar-refractivity contribution in [1.82, 2.24) is 9.55 Å². The molecule has 2 aromatic carbocycles. The van der Waals surface area contributed by atoms with E-state index < -0.39 is 0 Å². The summed E-state index contributed by atoms with van der Waals surface area (Å²) in [4.78, 5) is 19.0. The van der Waals surface area contributed by atoms with Gasteiger partial charge in [0.05, 0.1) is 23.4 Å². The van der Waals surface area contributed by atoms with E-state index in [1.807, 2.05) is 24.3 Å². The number of ether oxygens (including phenoxy) is 1. The molecule has 3 aromatic rings. The summed E-state index contributed by atoms with van der Waals surface area (Å²) >= 11 is 3.20. The fraction of sp³-hybridized carbons (Fsp3) is 0.273. The molecule has 4 nitrogen and oxygen atoms in total. The van der Waals surface area contributed by atoms with Crippen LogP contribution in [0, 0.1) is 13.8 Å². The number of benzene rings is 2. The second-order valence-corrected chi connectivity index (χ2v) is 8.85. The smallest absolute Gasteiger partial charge is 0.272 e. The highest BCUT2D eigenvalue weighted by atomic mass is 32.2. The van der Waals surface area contributed by atoms with Crippen LogP contribution in [0.15, 0.2) is 57.3 Å². The van der Waals surface area contributed by atoms with Crippen molar-refractivity contribution in [3.8, 4) is 11.4 Å². The van der Waals surface area contributed by atoms with E-state index in [0.717, 1.165) is 39.4 Å². The van der Waals surface area contributed by atoms with E-state index in [9.17, 15) is 4.79 Å². The molecule has 4 rings (SSSR count). The molecule has 0 saturated carbocycles. The van der Waals surface area contributed by atoms with Crippen molar-refractivity contribution in [1.29, 1.82) is 0 Å². The molecule has 144 valence electrons. The highest BCUT2D eigenvalue weighted by Crippen LogP contribution is 2.33. The molecular weight excluding hydrogens is 388 g/mol. The molecule has 0 N–H and O–H groups in total. The average molecular weight is 411 g/mol. The van der Waals surface area contributed by atoms with Crippen LogP contribution in [0.1, 0.15) is 22.4 Å². The van der Waals surface area contributed by atoms with Gasteiger partial charge in [-0.3, -0.25) is 9.36 Å². The molecule has 0 atom stereocenters. The predicted molar refractivity (Wildman–Crippen MR) is 116 cm³/mol. The molecule has 0 bridgehead atoms. The molecule has 28 heavy (non-hydrogen) atoms. The Bertz CT molecular complexity index is 1090. The van der Waals surface area contributed by atoms with Crippen LogP contribution in [0.4, 0.5) is 0 Å². The van der Waals surface area contributed by atoms with Crippen molar-refractivity contribution in [3.63, 3.8) is 0 Å². The van der Waals surface area contributed by atoms with Crippen LogP contribution in [-0.2, 0) is 12.2 Å². The number of rotatable bonds is 5. The van der Waals surface area contributed by atoms with Gasteiger partial charge in [-0.25, -0.2) is 4.98 Å². The van der Waals surface area contributed by atoms with Crippen LogP contribution >= 0.6 is 23.5 Å². The van der Waals surface area contributed by atoms with Gasteiger partial charge >= 0.3 is 0 Å². The number of thioether (sulfide) groups is 2. The summed E-state index contributed by atoms with van der Waals surface area (Å²) in [5, 5.41) is 0.719. The van der Waals surface area contributed by atoms with Gasteiger partial charge in [0.15, 0.2) is 5.16 Å². The molecule has 6 heteroatoms. The zero-order valence-electron chi connectivity index (χ0n) is 16.2. The molecule has 2 heterocycles. The Kier molecular flexibility index (Phi) is 5.51. The van der Waals surface area contributed by atoms with Gasteiger partial charge in [0.1, 0.15) is 5.75 Å². The largest absolute Gasteiger partial charge is 0.495 e. The van der Waals surface area contributed by atoms with Crippen molar-refractivity contribution in [3.05, 3.63) is 75.2 Å². The molecule has 1 aliphatic heterocycles.